The van der Waals surface area contributed by atoms with E-state index >= 15 is 0 Å². The van der Waals surface area contributed by atoms with Gasteiger partial charge in [0.15, 0.2) is 5.78 Å². The average molecular weight is 330 g/mol. The largest absolute Gasteiger partial charge is 0.472 e. The monoisotopic (exact) mass is 328 g/mol. The molecule has 0 aliphatic carbocycles. The second-order valence-electron chi connectivity index (χ2n) is 2.97. The third-order valence-electron chi connectivity index (χ3n) is 1.96. The zero-order chi connectivity index (χ0) is 10.8. The fraction of sp³-hybridized carbons (Fsp3) is 0. The highest BCUT2D eigenvalue weighted by molar-refractivity contribution is 9.11. The van der Waals surface area contributed by atoms with E-state index in [2.05, 4.69) is 31.9 Å². The van der Waals surface area contributed by atoms with Gasteiger partial charge in [0.2, 0.25) is 0 Å². The third kappa shape index (κ3) is 2.21. The van der Waals surface area contributed by atoms with Crippen molar-refractivity contribution in [3.63, 3.8) is 0 Å². The average Bonchev–Trinajstić information content (AvgIpc) is 2.69. The summed E-state index contributed by atoms with van der Waals surface area (Å²) in [4.78, 5) is 11.9. The lowest BCUT2D eigenvalue weighted by atomic mass is 10.1. The maximum atomic E-state index is 11.9. The molecule has 0 unspecified atom stereocenters. The maximum absolute atomic E-state index is 11.9. The highest BCUT2D eigenvalue weighted by Gasteiger charge is 2.13. The molecule has 0 saturated heterocycles. The van der Waals surface area contributed by atoms with E-state index < -0.39 is 0 Å². The van der Waals surface area contributed by atoms with Crippen LogP contribution >= 0.6 is 31.9 Å². The number of rotatable bonds is 2. The van der Waals surface area contributed by atoms with Crippen molar-refractivity contribution in [1.29, 1.82) is 0 Å². The van der Waals surface area contributed by atoms with Crippen LogP contribution in [-0.2, 0) is 0 Å². The van der Waals surface area contributed by atoms with Crippen molar-refractivity contribution in [3.05, 3.63) is 56.9 Å². The number of halogens is 2. The first kappa shape index (κ1) is 10.6. The molecule has 15 heavy (non-hydrogen) atoms. The van der Waals surface area contributed by atoms with E-state index in [1.807, 2.05) is 12.1 Å². The molecular formula is C11H6Br2O2. The minimum atomic E-state index is -0.0527. The summed E-state index contributed by atoms with van der Waals surface area (Å²) in [5.74, 6) is -0.0527. The molecule has 0 atom stereocenters. The second-order valence-corrected chi connectivity index (χ2v) is 4.74. The molecule has 2 nitrogen and oxygen atoms in total. The molecule has 2 rings (SSSR count). The van der Waals surface area contributed by atoms with E-state index in [1.165, 1.54) is 12.5 Å². The molecule has 0 fully saturated rings. The molecule has 1 aromatic heterocycles. The number of benzene rings is 1. The lowest BCUT2D eigenvalue weighted by Crippen LogP contribution is -2.00. The molecule has 0 N–H and O–H groups in total. The topological polar surface area (TPSA) is 30.2 Å². The van der Waals surface area contributed by atoms with Crippen LogP contribution in [0.4, 0.5) is 0 Å². The molecule has 1 aromatic carbocycles. The number of carbonyl (C=O) groups excluding carboxylic acids is 1. The van der Waals surface area contributed by atoms with Crippen LogP contribution < -0.4 is 0 Å². The summed E-state index contributed by atoms with van der Waals surface area (Å²) >= 11 is 6.69. The number of hydrogen-bond acceptors (Lipinski definition) is 2. The zero-order valence-electron chi connectivity index (χ0n) is 7.54. The normalized spacial score (nSPS) is 10.3. The van der Waals surface area contributed by atoms with Crippen LogP contribution in [0.3, 0.4) is 0 Å². The van der Waals surface area contributed by atoms with Gasteiger partial charge < -0.3 is 4.42 Å². The van der Waals surface area contributed by atoms with Gasteiger partial charge in [0.25, 0.3) is 0 Å². The van der Waals surface area contributed by atoms with Gasteiger partial charge in [-0.1, -0.05) is 15.9 Å². The minimum Gasteiger partial charge on any atom is -0.472 e. The van der Waals surface area contributed by atoms with E-state index in [0.29, 0.717) is 11.1 Å². The van der Waals surface area contributed by atoms with E-state index in [1.54, 1.807) is 12.1 Å². The van der Waals surface area contributed by atoms with Gasteiger partial charge in [-0.3, -0.25) is 4.79 Å². The molecule has 0 bridgehead atoms. The van der Waals surface area contributed by atoms with Crippen LogP contribution in [0, 0.1) is 0 Å². The van der Waals surface area contributed by atoms with Gasteiger partial charge in [-0.15, -0.1) is 0 Å². The Morgan fingerprint density at radius 1 is 1.20 bits per heavy atom. The first-order valence-corrected chi connectivity index (χ1v) is 5.79. The third-order valence-corrected chi connectivity index (χ3v) is 3.11. The van der Waals surface area contributed by atoms with Crippen LogP contribution in [-0.4, -0.2) is 5.78 Å². The highest BCUT2D eigenvalue weighted by atomic mass is 79.9. The summed E-state index contributed by atoms with van der Waals surface area (Å²) in [5.41, 5.74) is 1.18. The van der Waals surface area contributed by atoms with Crippen molar-refractivity contribution in [2.75, 3.05) is 0 Å². The summed E-state index contributed by atoms with van der Waals surface area (Å²) in [7, 11) is 0. The van der Waals surface area contributed by atoms with Gasteiger partial charge in [-0.05, 0) is 40.2 Å². The Labute approximate surface area is 104 Å². The summed E-state index contributed by atoms with van der Waals surface area (Å²) < 4.78 is 6.57. The zero-order valence-corrected chi connectivity index (χ0v) is 10.7. The molecule has 4 heteroatoms. The Kier molecular flexibility index (Phi) is 3.07. The molecule has 0 aliphatic rings. The Hall–Kier alpha value is -0.870. The number of hydrogen-bond donors (Lipinski definition) is 0. The van der Waals surface area contributed by atoms with Crippen molar-refractivity contribution in [2.45, 2.75) is 0 Å². The number of carbonyl (C=O) groups is 1. The summed E-state index contributed by atoms with van der Waals surface area (Å²) in [5, 5.41) is 0. The van der Waals surface area contributed by atoms with E-state index in [-0.39, 0.29) is 5.78 Å². The molecule has 0 saturated carbocycles. The molecule has 1 heterocycles. The number of ketones is 1. The van der Waals surface area contributed by atoms with Crippen molar-refractivity contribution in [2.24, 2.45) is 0 Å². The molecule has 0 aliphatic heterocycles. The van der Waals surface area contributed by atoms with Gasteiger partial charge in [0.05, 0.1) is 11.8 Å². The Bertz CT molecular complexity index is 489. The maximum Gasteiger partial charge on any atom is 0.197 e. The van der Waals surface area contributed by atoms with Crippen LogP contribution in [0.25, 0.3) is 0 Å². The van der Waals surface area contributed by atoms with Crippen molar-refractivity contribution in [3.8, 4) is 0 Å². The van der Waals surface area contributed by atoms with Crippen LogP contribution in [0.15, 0.2) is 50.2 Å². The molecular weight excluding hydrogens is 324 g/mol. The molecule has 0 amide bonds. The van der Waals surface area contributed by atoms with Gasteiger partial charge in [0.1, 0.15) is 6.26 Å². The molecule has 0 radical (unpaired) electrons. The highest BCUT2D eigenvalue weighted by Crippen LogP contribution is 2.24. The lowest BCUT2D eigenvalue weighted by Gasteiger charge is -2.01. The molecule has 76 valence electrons. The molecule has 0 spiro atoms. The van der Waals surface area contributed by atoms with Gasteiger partial charge in [0, 0.05) is 14.5 Å². The van der Waals surface area contributed by atoms with Gasteiger partial charge >= 0.3 is 0 Å². The van der Waals surface area contributed by atoms with E-state index in [0.717, 1.165) is 8.95 Å². The Morgan fingerprint density at radius 2 is 2.00 bits per heavy atom. The predicted octanol–water partition coefficient (Wildman–Crippen LogP) is 4.04. The summed E-state index contributed by atoms with van der Waals surface area (Å²) in [6.07, 6.45) is 2.93. The standard InChI is InChI=1S/C11H6Br2O2/c12-8-1-2-9(10(13)5-8)11(14)7-3-4-15-6-7/h1-6H. The van der Waals surface area contributed by atoms with Crippen molar-refractivity contribution < 1.29 is 9.21 Å². The smallest absolute Gasteiger partial charge is 0.197 e. The Balaban J connectivity index is 2.42. The fourth-order valence-corrected chi connectivity index (χ4v) is 2.45. The quantitative estimate of drug-likeness (QED) is 0.778. The van der Waals surface area contributed by atoms with Crippen LogP contribution in [0.1, 0.15) is 15.9 Å². The first-order valence-electron chi connectivity index (χ1n) is 4.20. The predicted molar refractivity (Wildman–Crippen MR) is 64.0 cm³/mol. The van der Waals surface area contributed by atoms with Crippen molar-refractivity contribution >= 4 is 37.6 Å². The lowest BCUT2D eigenvalue weighted by molar-refractivity contribution is 0.103. The van der Waals surface area contributed by atoms with Crippen LogP contribution in [0.2, 0.25) is 0 Å². The first-order chi connectivity index (χ1) is 7.18. The SMILES string of the molecule is O=C(c1ccoc1)c1ccc(Br)cc1Br. The van der Waals surface area contributed by atoms with Gasteiger partial charge in [-0.25, -0.2) is 0 Å². The molecule has 2 aromatic rings. The van der Waals surface area contributed by atoms with E-state index in [9.17, 15) is 4.79 Å². The summed E-state index contributed by atoms with van der Waals surface area (Å²) in [6.45, 7) is 0. The fourth-order valence-electron chi connectivity index (χ4n) is 1.22. The van der Waals surface area contributed by atoms with Crippen LogP contribution in [0.5, 0.6) is 0 Å². The second kappa shape index (κ2) is 4.33. The number of furan rings is 1. The minimum absolute atomic E-state index is 0.0527. The summed E-state index contributed by atoms with van der Waals surface area (Å²) in [6, 6.07) is 7.09. The van der Waals surface area contributed by atoms with Crippen molar-refractivity contribution in [1.82, 2.24) is 0 Å². The van der Waals surface area contributed by atoms with E-state index in [4.69, 9.17) is 4.42 Å². The van der Waals surface area contributed by atoms with Gasteiger partial charge in [-0.2, -0.15) is 0 Å². The Morgan fingerprint density at radius 3 is 2.60 bits per heavy atom.